The van der Waals surface area contributed by atoms with Crippen LogP contribution in [0.25, 0.3) is 0 Å². The van der Waals surface area contributed by atoms with E-state index >= 15 is 0 Å². The van der Waals surface area contributed by atoms with Crippen molar-refractivity contribution in [3.63, 3.8) is 0 Å². The third kappa shape index (κ3) is 8.57. The Hall–Kier alpha value is -2.61. The topological polar surface area (TPSA) is 85.6 Å². The number of methoxy groups -OCH3 is 1. The molecular formula is C23H38N6O2. The van der Waals surface area contributed by atoms with Gasteiger partial charge in [0.05, 0.1) is 26.3 Å². The zero-order valence-electron chi connectivity index (χ0n) is 19.9. The van der Waals surface area contributed by atoms with E-state index in [1.807, 2.05) is 18.5 Å². The summed E-state index contributed by atoms with van der Waals surface area (Å²) in [5, 5.41) is 14.9. The van der Waals surface area contributed by atoms with Gasteiger partial charge in [-0.25, -0.2) is 4.99 Å². The van der Waals surface area contributed by atoms with E-state index in [4.69, 9.17) is 14.5 Å². The lowest BCUT2D eigenvalue weighted by molar-refractivity contribution is 0.203. The highest BCUT2D eigenvalue weighted by molar-refractivity contribution is 5.79. The normalized spacial score (nSPS) is 11.8. The first-order chi connectivity index (χ1) is 14.9. The smallest absolute Gasteiger partial charge is 0.192 e. The Morgan fingerprint density at radius 3 is 2.65 bits per heavy atom. The number of hydrogen-bond acceptors (Lipinski definition) is 5. The average molecular weight is 431 g/mol. The third-order valence-electron chi connectivity index (χ3n) is 5.01. The average Bonchev–Trinajstić information content (AvgIpc) is 3.06. The molecule has 0 saturated carbocycles. The molecule has 0 saturated heterocycles. The Labute approximate surface area is 186 Å². The summed E-state index contributed by atoms with van der Waals surface area (Å²) in [5.41, 5.74) is 2.25. The highest BCUT2D eigenvalue weighted by atomic mass is 16.5. The number of benzene rings is 1. The van der Waals surface area contributed by atoms with Gasteiger partial charge in [-0.2, -0.15) is 0 Å². The van der Waals surface area contributed by atoms with Gasteiger partial charge in [0.25, 0.3) is 0 Å². The molecule has 0 unspecified atom stereocenters. The summed E-state index contributed by atoms with van der Waals surface area (Å²) >= 11 is 0. The molecule has 0 bridgehead atoms. The first-order valence-electron chi connectivity index (χ1n) is 11.0. The monoisotopic (exact) mass is 430 g/mol. The standard InChI is InChI=1S/C23H38N6O2/c1-17(2)8-7-12-31-21-14-18(3)9-10-20(21)15-25-23(24-11-13-30-6)26-16-22-28-27-19(4)29(22)5/h9-10,14,17H,7-8,11-13,15-16H2,1-6H3,(H2,24,25,26). The molecule has 0 spiro atoms. The first-order valence-corrected chi connectivity index (χ1v) is 11.0. The van der Waals surface area contributed by atoms with Gasteiger partial charge in [0, 0.05) is 26.3 Å². The zero-order valence-corrected chi connectivity index (χ0v) is 19.9. The third-order valence-corrected chi connectivity index (χ3v) is 5.01. The van der Waals surface area contributed by atoms with E-state index in [0.717, 1.165) is 42.4 Å². The molecule has 0 fully saturated rings. The van der Waals surface area contributed by atoms with Crippen LogP contribution in [0.3, 0.4) is 0 Å². The Bertz CT molecular complexity index is 831. The molecule has 2 rings (SSSR count). The number of ether oxygens (including phenoxy) is 2. The Balaban J connectivity index is 2.05. The maximum absolute atomic E-state index is 6.10. The fourth-order valence-corrected chi connectivity index (χ4v) is 2.98. The van der Waals surface area contributed by atoms with Crippen molar-refractivity contribution in [2.24, 2.45) is 18.0 Å². The second-order valence-electron chi connectivity index (χ2n) is 8.16. The summed E-state index contributed by atoms with van der Waals surface area (Å²) in [4.78, 5) is 4.77. The van der Waals surface area contributed by atoms with Gasteiger partial charge in [-0.1, -0.05) is 26.0 Å². The predicted octanol–water partition coefficient (Wildman–Crippen LogP) is 3.13. The number of aliphatic imine (C=N–C) groups is 1. The molecule has 31 heavy (non-hydrogen) atoms. The Morgan fingerprint density at radius 1 is 1.16 bits per heavy atom. The van der Waals surface area contributed by atoms with Crippen molar-refractivity contribution in [1.82, 2.24) is 25.4 Å². The number of nitrogens with zero attached hydrogens (tertiary/aromatic N) is 4. The molecule has 8 heteroatoms. The minimum absolute atomic E-state index is 0.514. The van der Waals surface area contributed by atoms with E-state index in [9.17, 15) is 0 Å². The van der Waals surface area contributed by atoms with E-state index in [2.05, 4.69) is 59.8 Å². The molecular weight excluding hydrogens is 392 g/mol. The highest BCUT2D eigenvalue weighted by Crippen LogP contribution is 2.22. The van der Waals surface area contributed by atoms with E-state index in [1.165, 1.54) is 5.56 Å². The molecule has 1 heterocycles. The molecule has 0 amide bonds. The van der Waals surface area contributed by atoms with Crippen molar-refractivity contribution >= 4 is 5.96 Å². The van der Waals surface area contributed by atoms with Crippen LogP contribution in [0.2, 0.25) is 0 Å². The minimum Gasteiger partial charge on any atom is -0.493 e. The Kier molecular flexibility index (Phi) is 10.3. The highest BCUT2D eigenvalue weighted by Gasteiger charge is 2.08. The quantitative estimate of drug-likeness (QED) is 0.306. The number of aromatic nitrogens is 3. The van der Waals surface area contributed by atoms with Gasteiger partial charge in [0.15, 0.2) is 11.8 Å². The van der Waals surface area contributed by atoms with Crippen LogP contribution in [0.1, 0.15) is 49.5 Å². The first kappa shape index (κ1) is 24.7. The van der Waals surface area contributed by atoms with E-state index in [1.54, 1.807) is 7.11 Å². The maximum atomic E-state index is 6.10. The second kappa shape index (κ2) is 12.9. The van der Waals surface area contributed by atoms with Gasteiger partial charge >= 0.3 is 0 Å². The fourth-order valence-electron chi connectivity index (χ4n) is 2.98. The van der Waals surface area contributed by atoms with Gasteiger partial charge < -0.3 is 24.7 Å². The molecule has 2 N–H and O–H groups in total. The van der Waals surface area contributed by atoms with Crippen molar-refractivity contribution in [3.05, 3.63) is 41.0 Å². The number of guanidine groups is 1. The van der Waals surface area contributed by atoms with Crippen LogP contribution in [0.4, 0.5) is 0 Å². The second-order valence-corrected chi connectivity index (χ2v) is 8.16. The van der Waals surface area contributed by atoms with E-state index in [-0.39, 0.29) is 0 Å². The summed E-state index contributed by atoms with van der Waals surface area (Å²) in [5.74, 6) is 4.02. The molecule has 0 aliphatic heterocycles. The van der Waals surface area contributed by atoms with Crippen LogP contribution in [0.5, 0.6) is 5.75 Å². The number of rotatable bonds is 12. The van der Waals surface area contributed by atoms with E-state index in [0.29, 0.717) is 38.1 Å². The molecule has 172 valence electrons. The predicted molar refractivity (Wildman–Crippen MR) is 124 cm³/mol. The summed E-state index contributed by atoms with van der Waals surface area (Å²) < 4.78 is 13.2. The largest absolute Gasteiger partial charge is 0.493 e. The molecule has 0 aliphatic rings. The van der Waals surface area contributed by atoms with Crippen LogP contribution in [-0.4, -0.2) is 47.6 Å². The lowest BCUT2D eigenvalue weighted by Crippen LogP contribution is -2.39. The summed E-state index contributed by atoms with van der Waals surface area (Å²) in [6, 6.07) is 6.28. The lowest BCUT2D eigenvalue weighted by Gasteiger charge is -2.14. The van der Waals surface area contributed by atoms with Gasteiger partial charge in [-0.05, 0) is 44.2 Å². The number of nitrogens with one attached hydrogen (secondary N) is 2. The Morgan fingerprint density at radius 2 is 1.97 bits per heavy atom. The van der Waals surface area contributed by atoms with Crippen molar-refractivity contribution in [3.8, 4) is 5.75 Å². The van der Waals surface area contributed by atoms with Crippen molar-refractivity contribution in [2.45, 2.75) is 53.6 Å². The molecule has 8 nitrogen and oxygen atoms in total. The lowest BCUT2D eigenvalue weighted by atomic mass is 10.1. The molecule has 0 atom stereocenters. The van der Waals surface area contributed by atoms with Gasteiger partial charge in [0.1, 0.15) is 11.6 Å². The molecule has 0 aliphatic carbocycles. The van der Waals surface area contributed by atoms with Crippen LogP contribution < -0.4 is 15.4 Å². The van der Waals surface area contributed by atoms with Crippen molar-refractivity contribution in [1.29, 1.82) is 0 Å². The van der Waals surface area contributed by atoms with Crippen molar-refractivity contribution < 1.29 is 9.47 Å². The van der Waals surface area contributed by atoms with Gasteiger partial charge in [-0.15, -0.1) is 10.2 Å². The van der Waals surface area contributed by atoms with E-state index < -0.39 is 0 Å². The number of hydrogen-bond donors (Lipinski definition) is 2. The maximum Gasteiger partial charge on any atom is 0.192 e. The van der Waals surface area contributed by atoms with Gasteiger partial charge in [0.2, 0.25) is 0 Å². The summed E-state index contributed by atoms with van der Waals surface area (Å²) in [7, 11) is 3.64. The van der Waals surface area contributed by atoms with Crippen LogP contribution in [0.15, 0.2) is 23.2 Å². The summed E-state index contributed by atoms with van der Waals surface area (Å²) in [6.45, 7) is 11.5. The van der Waals surface area contributed by atoms with Crippen LogP contribution in [0, 0.1) is 19.8 Å². The SMILES string of the molecule is COCCNC(=NCc1ccc(C)cc1OCCCC(C)C)NCc1nnc(C)n1C. The fraction of sp³-hybridized carbons (Fsp3) is 0.609. The van der Waals surface area contributed by atoms with Crippen LogP contribution in [-0.2, 0) is 24.9 Å². The van der Waals surface area contributed by atoms with Crippen LogP contribution >= 0.6 is 0 Å². The molecule has 0 radical (unpaired) electrons. The minimum atomic E-state index is 0.514. The number of aryl methyl sites for hydroxylation is 2. The van der Waals surface area contributed by atoms with Gasteiger partial charge in [-0.3, -0.25) is 0 Å². The van der Waals surface area contributed by atoms with Crippen molar-refractivity contribution in [2.75, 3.05) is 26.9 Å². The zero-order chi connectivity index (χ0) is 22.6. The molecule has 1 aromatic heterocycles. The summed E-state index contributed by atoms with van der Waals surface area (Å²) in [6.07, 6.45) is 2.22. The molecule has 1 aromatic carbocycles. The molecule has 2 aromatic rings.